The zero-order valence-corrected chi connectivity index (χ0v) is 14.8. The van der Waals surface area contributed by atoms with Gasteiger partial charge in [0, 0.05) is 13.1 Å². The molecule has 2 N–H and O–H groups in total. The summed E-state index contributed by atoms with van der Waals surface area (Å²) in [5.41, 5.74) is 9.98. The molecule has 0 radical (unpaired) electrons. The second-order valence-electron chi connectivity index (χ2n) is 7.39. The van der Waals surface area contributed by atoms with Crippen molar-refractivity contribution in [3.05, 3.63) is 65.2 Å². The molecule has 0 spiro atoms. The first-order valence-corrected chi connectivity index (χ1v) is 8.76. The Morgan fingerprint density at radius 3 is 2.33 bits per heavy atom. The molecule has 0 bridgehead atoms. The van der Waals surface area contributed by atoms with Gasteiger partial charge < -0.3 is 10.5 Å². The quantitative estimate of drug-likeness (QED) is 0.879. The number of nitrogens with zero attached hydrogens (tertiary/aromatic N) is 1. The van der Waals surface area contributed by atoms with E-state index in [0.717, 1.165) is 31.9 Å². The summed E-state index contributed by atoms with van der Waals surface area (Å²) in [5, 5.41) is 0. The van der Waals surface area contributed by atoms with E-state index in [1.54, 1.807) is 0 Å². The van der Waals surface area contributed by atoms with Crippen molar-refractivity contribution >= 4 is 0 Å². The van der Waals surface area contributed by atoms with Gasteiger partial charge in [-0.05, 0) is 55.1 Å². The molecule has 1 fully saturated rings. The number of aryl methyl sites for hydroxylation is 1. The van der Waals surface area contributed by atoms with Gasteiger partial charge in [-0.25, -0.2) is 0 Å². The van der Waals surface area contributed by atoms with E-state index in [4.69, 9.17) is 10.5 Å². The largest absolute Gasteiger partial charge is 0.489 e. The molecular weight excluding hydrogens is 296 g/mol. The first-order chi connectivity index (χ1) is 11.6. The van der Waals surface area contributed by atoms with Crippen molar-refractivity contribution in [1.29, 1.82) is 0 Å². The van der Waals surface area contributed by atoms with Crippen LogP contribution in [0.5, 0.6) is 5.75 Å². The molecule has 1 aliphatic rings. The maximum absolute atomic E-state index is 5.89. The molecule has 1 atom stereocenters. The van der Waals surface area contributed by atoms with Crippen LogP contribution in [-0.4, -0.2) is 24.5 Å². The van der Waals surface area contributed by atoms with Gasteiger partial charge >= 0.3 is 0 Å². The fourth-order valence-electron chi connectivity index (χ4n) is 3.23. The van der Waals surface area contributed by atoms with Crippen LogP contribution in [0.3, 0.4) is 0 Å². The van der Waals surface area contributed by atoms with Crippen molar-refractivity contribution in [3.63, 3.8) is 0 Å². The van der Waals surface area contributed by atoms with Gasteiger partial charge in [0.1, 0.15) is 12.4 Å². The number of rotatable bonds is 6. The van der Waals surface area contributed by atoms with Gasteiger partial charge in [-0.3, -0.25) is 4.90 Å². The predicted molar refractivity (Wildman–Crippen MR) is 99.0 cm³/mol. The average Bonchev–Trinajstić information content (AvgIpc) is 2.97. The van der Waals surface area contributed by atoms with Crippen LogP contribution >= 0.6 is 0 Å². The smallest absolute Gasteiger partial charge is 0.119 e. The second kappa shape index (κ2) is 7.37. The number of hydrogen-bond acceptors (Lipinski definition) is 3. The van der Waals surface area contributed by atoms with E-state index in [0.29, 0.717) is 6.61 Å². The predicted octanol–water partition coefficient (Wildman–Crippen LogP) is 3.74. The Labute approximate surface area is 145 Å². The Kier molecular flexibility index (Phi) is 5.22. The van der Waals surface area contributed by atoms with Crippen LogP contribution in [0.15, 0.2) is 48.5 Å². The van der Waals surface area contributed by atoms with Crippen molar-refractivity contribution in [2.24, 2.45) is 11.1 Å². The van der Waals surface area contributed by atoms with Gasteiger partial charge in [0.2, 0.25) is 0 Å². The highest BCUT2D eigenvalue weighted by molar-refractivity contribution is 5.28. The molecule has 2 aromatic rings. The van der Waals surface area contributed by atoms with Gasteiger partial charge in [-0.1, -0.05) is 48.9 Å². The van der Waals surface area contributed by atoms with E-state index in [2.05, 4.69) is 67.3 Å². The molecule has 1 unspecified atom stereocenters. The van der Waals surface area contributed by atoms with Gasteiger partial charge in [-0.2, -0.15) is 0 Å². The zero-order valence-electron chi connectivity index (χ0n) is 14.8. The van der Waals surface area contributed by atoms with Gasteiger partial charge in [0.25, 0.3) is 0 Å². The Bertz CT molecular complexity index is 651. The molecule has 3 rings (SSSR count). The number of nitrogens with two attached hydrogens (primary N) is 1. The first kappa shape index (κ1) is 17.0. The number of likely N-dealkylation sites (tertiary alicyclic amines) is 1. The summed E-state index contributed by atoms with van der Waals surface area (Å²) in [5.74, 6) is 0.924. The molecule has 3 nitrogen and oxygen atoms in total. The van der Waals surface area contributed by atoms with Crippen LogP contribution in [0.4, 0.5) is 0 Å². The van der Waals surface area contributed by atoms with Crippen molar-refractivity contribution in [2.75, 3.05) is 19.6 Å². The van der Waals surface area contributed by atoms with E-state index in [1.165, 1.54) is 23.1 Å². The van der Waals surface area contributed by atoms with Gasteiger partial charge in [0.05, 0.1) is 0 Å². The lowest BCUT2D eigenvalue weighted by Crippen LogP contribution is -2.31. The molecule has 3 heteroatoms. The van der Waals surface area contributed by atoms with Crippen molar-refractivity contribution in [2.45, 2.75) is 33.4 Å². The summed E-state index contributed by atoms with van der Waals surface area (Å²) in [4.78, 5) is 2.50. The monoisotopic (exact) mass is 324 g/mol. The molecule has 1 saturated heterocycles. The Morgan fingerprint density at radius 1 is 1.04 bits per heavy atom. The van der Waals surface area contributed by atoms with Crippen molar-refractivity contribution in [3.8, 4) is 5.75 Å². The van der Waals surface area contributed by atoms with Crippen LogP contribution in [0.1, 0.15) is 30.0 Å². The lowest BCUT2D eigenvalue weighted by atomic mass is 9.90. The Morgan fingerprint density at radius 2 is 1.71 bits per heavy atom. The maximum atomic E-state index is 5.89. The van der Waals surface area contributed by atoms with E-state index in [9.17, 15) is 0 Å². The molecule has 0 saturated carbocycles. The standard InChI is InChI=1S/C21H28N2O/c1-17-3-5-19(6-4-17)14-24-20-9-7-18(8-10-20)13-23-12-11-21(2,15-22)16-23/h3-10H,11-16,22H2,1-2H3. The minimum atomic E-state index is 0.289. The number of benzene rings is 2. The second-order valence-corrected chi connectivity index (χ2v) is 7.39. The van der Waals surface area contributed by atoms with Crippen LogP contribution in [0.2, 0.25) is 0 Å². The lowest BCUT2D eigenvalue weighted by Gasteiger charge is -2.22. The molecule has 2 aromatic carbocycles. The zero-order chi connectivity index (χ0) is 17.0. The molecule has 24 heavy (non-hydrogen) atoms. The molecule has 128 valence electrons. The van der Waals surface area contributed by atoms with Crippen LogP contribution in [-0.2, 0) is 13.2 Å². The van der Waals surface area contributed by atoms with Crippen LogP contribution in [0.25, 0.3) is 0 Å². The fraction of sp³-hybridized carbons (Fsp3) is 0.429. The summed E-state index contributed by atoms with van der Waals surface area (Å²) < 4.78 is 5.88. The minimum Gasteiger partial charge on any atom is -0.489 e. The molecular formula is C21H28N2O. The minimum absolute atomic E-state index is 0.289. The van der Waals surface area contributed by atoms with Gasteiger partial charge in [0.15, 0.2) is 0 Å². The first-order valence-electron chi connectivity index (χ1n) is 8.76. The Balaban J connectivity index is 1.51. The number of ether oxygens (including phenoxy) is 1. The number of hydrogen-bond donors (Lipinski definition) is 1. The average molecular weight is 324 g/mol. The van der Waals surface area contributed by atoms with E-state index in [1.807, 2.05) is 0 Å². The summed E-state index contributed by atoms with van der Waals surface area (Å²) >= 11 is 0. The SMILES string of the molecule is Cc1ccc(COc2ccc(CN3CCC(C)(CN)C3)cc2)cc1. The molecule has 1 aliphatic heterocycles. The summed E-state index contributed by atoms with van der Waals surface area (Å²) in [6.07, 6.45) is 1.20. The molecule has 0 amide bonds. The topological polar surface area (TPSA) is 38.5 Å². The highest BCUT2D eigenvalue weighted by atomic mass is 16.5. The summed E-state index contributed by atoms with van der Waals surface area (Å²) in [6.45, 7) is 8.99. The van der Waals surface area contributed by atoms with Crippen molar-refractivity contribution in [1.82, 2.24) is 4.90 Å². The third kappa shape index (κ3) is 4.37. The van der Waals surface area contributed by atoms with Crippen molar-refractivity contribution < 1.29 is 4.74 Å². The third-order valence-corrected chi connectivity index (χ3v) is 4.99. The molecule has 0 aliphatic carbocycles. The summed E-state index contributed by atoms with van der Waals surface area (Å²) in [6, 6.07) is 16.9. The van der Waals surface area contributed by atoms with Crippen LogP contribution in [0, 0.1) is 12.3 Å². The summed E-state index contributed by atoms with van der Waals surface area (Å²) in [7, 11) is 0. The molecule has 1 heterocycles. The Hall–Kier alpha value is -1.84. The van der Waals surface area contributed by atoms with Crippen LogP contribution < -0.4 is 10.5 Å². The van der Waals surface area contributed by atoms with E-state index >= 15 is 0 Å². The third-order valence-electron chi connectivity index (χ3n) is 4.99. The highest BCUT2D eigenvalue weighted by Crippen LogP contribution is 2.29. The van der Waals surface area contributed by atoms with Gasteiger partial charge in [-0.15, -0.1) is 0 Å². The lowest BCUT2D eigenvalue weighted by molar-refractivity contribution is 0.274. The molecule has 0 aromatic heterocycles. The highest BCUT2D eigenvalue weighted by Gasteiger charge is 2.32. The van der Waals surface area contributed by atoms with E-state index < -0.39 is 0 Å². The van der Waals surface area contributed by atoms with E-state index in [-0.39, 0.29) is 5.41 Å². The maximum Gasteiger partial charge on any atom is 0.119 e. The fourth-order valence-corrected chi connectivity index (χ4v) is 3.23. The normalized spacial score (nSPS) is 21.1.